The van der Waals surface area contributed by atoms with Gasteiger partial charge in [0.15, 0.2) is 0 Å². The van der Waals surface area contributed by atoms with Crippen molar-refractivity contribution in [1.29, 1.82) is 5.26 Å². The van der Waals surface area contributed by atoms with Crippen molar-refractivity contribution in [3.8, 4) is 6.07 Å². The number of rotatable bonds is 6. The van der Waals surface area contributed by atoms with E-state index in [9.17, 15) is 10.4 Å². The first-order valence-electron chi connectivity index (χ1n) is 7.02. The van der Waals surface area contributed by atoms with E-state index in [1.807, 2.05) is 37.3 Å². The van der Waals surface area contributed by atoms with E-state index in [1.54, 1.807) is 18.3 Å². The number of aromatic nitrogens is 1. The van der Waals surface area contributed by atoms with Gasteiger partial charge in [-0.3, -0.25) is 0 Å². The molecule has 21 heavy (non-hydrogen) atoms. The van der Waals surface area contributed by atoms with Crippen LogP contribution in [0.4, 0.5) is 5.82 Å². The second-order valence-corrected chi connectivity index (χ2v) is 4.96. The van der Waals surface area contributed by atoms with Crippen molar-refractivity contribution in [1.82, 2.24) is 4.98 Å². The summed E-state index contributed by atoms with van der Waals surface area (Å²) in [6.07, 6.45) is 2.33. The molecular weight excluding hydrogens is 262 g/mol. The highest BCUT2D eigenvalue weighted by molar-refractivity contribution is 5.54. The zero-order valence-electron chi connectivity index (χ0n) is 12.1. The molecule has 0 spiro atoms. The van der Waals surface area contributed by atoms with Gasteiger partial charge in [0, 0.05) is 25.4 Å². The van der Waals surface area contributed by atoms with E-state index < -0.39 is 0 Å². The second kappa shape index (κ2) is 7.41. The highest BCUT2D eigenvalue weighted by atomic mass is 16.3. The van der Waals surface area contributed by atoms with Gasteiger partial charge in [-0.15, -0.1) is 0 Å². The van der Waals surface area contributed by atoms with E-state index in [1.165, 1.54) is 0 Å². The van der Waals surface area contributed by atoms with Crippen LogP contribution in [0, 0.1) is 11.3 Å². The average Bonchev–Trinajstić information content (AvgIpc) is 2.54. The van der Waals surface area contributed by atoms with Crippen molar-refractivity contribution < 1.29 is 5.11 Å². The lowest BCUT2D eigenvalue weighted by Crippen LogP contribution is -2.34. The van der Waals surface area contributed by atoms with Crippen molar-refractivity contribution in [2.75, 3.05) is 11.5 Å². The van der Waals surface area contributed by atoms with Crippen LogP contribution >= 0.6 is 0 Å². The molecule has 0 aliphatic rings. The van der Waals surface area contributed by atoms with Crippen LogP contribution < -0.4 is 4.90 Å². The Balaban J connectivity index is 2.34. The van der Waals surface area contributed by atoms with Crippen molar-refractivity contribution in [3.05, 3.63) is 59.8 Å². The number of pyridine rings is 1. The largest absolute Gasteiger partial charge is 0.396 e. The first-order valence-corrected chi connectivity index (χ1v) is 7.02. The lowest BCUT2D eigenvalue weighted by atomic mass is 10.1. The van der Waals surface area contributed by atoms with Gasteiger partial charge >= 0.3 is 0 Å². The summed E-state index contributed by atoms with van der Waals surface area (Å²) in [5.41, 5.74) is 1.70. The lowest BCUT2D eigenvalue weighted by molar-refractivity contribution is 0.275. The van der Waals surface area contributed by atoms with E-state index >= 15 is 0 Å². The maximum Gasteiger partial charge on any atom is 0.147 e. The van der Waals surface area contributed by atoms with E-state index in [-0.39, 0.29) is 12.6 Å². The zero-order valence-corrected chi connectivity index (χ0v) is 12.1. The van der Waals surface area contributed by atoms with Crippen molar-refractivity contribution in [3.63, 3.8) is 0 Å². The van der Waals surface area contributed by atoms with Gasteiger partial charge in [-0.05, 0) is 31.0 Å². The number of aliphatic hydroxyl groups is 1. The van der Waals surface area contributed by atoms with Crippen LogP contribution in [-0.4, -0.2) is 22.7 Å². The van der Waals surface area contributed by atoms with Crippen molar-refractivity contribution >= 4 is 5.82 Å². The summed E-state index contributed by atoms with van der Waals surface area (Å²) in [4.78, 5) is 6.44. The summed E-state index contributed by atoms with van der Waals surface area (Å²) in [5.74, 6) is 0.671. The smallest absolute Gasteiger partial charge is 0.147 e. The molecule has 2 aromatic rings. The fourth-order valence-corrected chi connectivity index (χ4v) is 2.28. The quantitative estimate of drug-likeness (QED) is 0.884. The Kier molecular flexibility index (Phi) is 5.30. The Bertz CT molecular complexity index is 607. The Hall–Kier alpha value is -2.38. The predicted octanol–water partition coefficient (Wildman–Crippen LogP) is 2.73. The minimum Gasteiger partial charge on any atom is -0.396 e. The molecular formula is C17H19N3O. The van der Waals surface area contributed by atoms with Gasteiger partial charge in [-0.2, -0.15) is 5.26 Å². The molecule has 0 saturated carbocycles. The normalized spacial score (nSPS) is 11.7. The summed E-state index contributed by atoms with van der Waals surface area (Å²) in [6, 6.07) is 15.9. The molecule has 1 heterocycles. The summed E-state index contributed by atoms with van der Waals surface area (Å²) in [5, 5.41) is 18.5. The number of benzene rings is 1. The molecule has 4 heteroatoms. The lowest BCUT2D eigenvalue weighted by Gasteiger charge is -2.30. The van der Waals surface area contributed by atoms with Crippen LogP contribution in [0.1, 0.15) is 24.5 Å². The molecule has 0 saturated heterocycles. The average molecular weight is 281 g/mol. The van der Waals surface area contributed by atoms with E-state index in [2.05, 4.69) is 16.0 Å². The van der Waals surface area contributed by atoms with E-state index in [4.69, 9.17) is 0 Å². The summed E-state index contributed by atoms with van der Waals surface area (Å²) < 4.78 is 0. The number of nitriles is 1. The molecule has 4 nitrogen and oxygen atoms in total. The fraction of sp³-hybridized carbons (Fsp3) is 0.294. The molecule has 108 valence electrons. The number of hydrogen-bond donors (Lipinski definition) is 1. The van der Waals surface area contributed by atoms with Gasteiger partial charge in [0.05, 0.1) is 5.56 Å². The van der Waals surface area contributed by atoms with Crippen molar-refractivity contribution in [2.45, 2.75) is 25.9 Å². The minimum absolute atomic E-state index is 0.0946. The summed E-state index contributed by atoms with van der Waals surface area (Å²) in [7, 11) is 0. The number of nitrogens with zero attached hydrogens (tertiary/aromatic N) is 3. The third kappa shape index (κ3) is 3.80. The Morgan fingerprint density at radius 3 is 2.67 bits per heavy atom. The number of hydrogen-bond acceptors (Lipinski definition) is 4. The molecule has 0 aliphatic heterocycles. The molecule has 0 bridgehead atoms. The summed E-state index contributed by atoms with van der Waals surface area (Å²) >= 11 is 0. The van der Waals surface area contributed by atoms with E-state index in [0.29, 0.717) is 24.3 Å². The van der Waals surface area contributed by atoms with Crippen LogP contribution in [0.5, 0.6) is 0 Å². The molecule has 0 aliphatic carbocycles. The molecule has 0 radical (unpaired) electrons. The van der Waals surface area contributed by atoms with Gasteiger partial charge in [0.25, 0.3) is 0 Å². The SMILES string of the molecule is CC(CCO)N(Cc1ccccc1)c1ncccc1C#N. The zero-order chi connectivity index (χ0) is 15.1. The van der Waals surface area contributed by atoms with Gasteiger partial charge in [-0.25, -0.2) is 4.98 Å². The fourth-order valence-electron chi connectivity index (χ4n) is 2.28. The number of aliphatic hydroxyl groups excluding tert-OH is 1. The standard InChI is InChI=1S/C17H19N3O/c1-14(9-11-21)20(13-15-6-3-2-4-7-15)17-16(12-18)8-5-10-19-17/h2-8,10,14,21H,9,11,13H2,1H3. The van der Waals surface area contributed by atoms with E-state index in [0.717, 1.165) is 5.56 Å². The summed E-state index contributed by atoms with van der Waals surface area (Å²) in [6.45, 7) is 2.81. The van der Waals surface area contributed by atoms with Crippen LogP contribution in [-0.2, 0) is 6.54 Å². The molecule has 1 atom stereocenters. The van der Waals surface area contributed by atoms with Crippen LogP contribution in [0.3, 0.4) is 0 Å². The van der Waals surface area contributed by atoms with Crippen LogP contribution in [0.15, 0.2) is 48.7 Å². The first-order chi connectivity index (χ1) is 10.3. The van der Waals surface area contributed by atoms with Gasteiger partial charge in [0.1, 0.15) is 11.9 Å². The monoisotopic (exact) mass is 281 g/mol. The molecule has 1 aromatic carbocycles. The third-order valence-electron chi connectivity index (χ3n) is 3.45. The van der Waals surface area contributed by atoms with Crippen LogP contribution in [0.25, 0.3) is 0 Å². The molecule has 1 N–H and O–H groups in total. The Morgan fingerprint density at radius 1 is 1.24 bits per heavy atom. The Labute approximate surface area is 125 Å². The highest BCUT2D eigenvalue weighted by Crippen LogP contribution is 2.22. The molecule has 0 amide bonds. The number of anilines is 1. The predicted molar refractivity (Wildman–Crippen MR) is 82.7 cm³/mol. The maximum atomic E-state index is 9.28. The molecule has 2 rings (SSSR count). The third-order valence-corrected chi connectivity index (χ3v) is 3.45. The first kappa shape index (κ1) is 15.0. The van der Waals surface area contributed by atoms with Gasteiger partial charge in [0.2, 0.25) is 0 Å². The van der Waals surface area contributed by atoms with Gasteiger partial charge in [-0.1, -0.05) is 30.3 Å². The van der Waals surface area contributed by atoms with Gasteiger partial charge < -0.3 is 10.0 Å². The Morgan fingerprint density at radius 2 is 2.00 bits per heavy atom. The highest BCUT2D eigenvalue weighted by Gasteiger charge is 2.18. The molecule has 1 unspecified atom stereocenters. The molecule has 0 fully saturated rings. The van der Waals surface area contributed by atoms with Crippen molar-refractivity contribution in [2.24, 2.45) is 0 Å². The second-order valence-electron chi connectivity index (χ2n) is 4.96. The van der Waals surface area contributed by atoms with Crippen LogP contribution in [0.2, 0.25) is 0 Å². The minimum atomic E-state index is 0.0946. The molecule has 1 aromatic heterocycles. The topological polar surface area (TPSA) is 60.1 Å². The maximum absolute atomic E-state index is 9.28.